The van der Waals surface area contributed by atoms with Gasteiger partial charge in [0, 0.05) is 18.4 Å². The maximum Gasteiger partial charge on any atom is 0.119 e. The first-order valence-electron chi connectivity index (χ1n) is 5.40. The summed E-state index contributed by atoms with van der Waals surface area (Å²) in [6.07, 6.45) is 2.18. The predicted octanol–water partition coefficient (Wildman–Crippen LogP) is 1.88. The van der Waals surface area contributed by atoms with Crippen LogP contribution in [0.25, 0.3) is 0 Å². The highest BCUT2D eigenvalue weighted by Gasteiger charge is 2.14. The van der Waals surface area contributed by atoms with Gasteiger partial charge in [-0.2, -0.15) is 0 Å². The van der Waals surface area contributed by atoms with Gasteiger partial charge < -0.3 is 15.2 Å². The van der Waals surface area contributed by atoms with Crippen molar-refractivity contribution in [2.75, 3.05) is 13.2 Å². The van der Waals surface area contributed by atoms with E-state index in [0.29, 0.717) is 4.99 Å². The van der Waals surface area contributed by atoms with Crippen LogP contribution in [0.2, 0.25) is 0 Å². The zero-order valence-corrected chi connectivity index (χ0v) is 9.83. The van der Waals surface area contributed by atoms with E-state index in [4.69, 9.17) is 27.4 Å². The molecule has 1 aliphatic heterocycles. The van der Waals surface area contributed by atoms with Crippen molar-refractivity contribution in [3.05, 3.63) is 29.8 Å². The Hall–Kier alpha value is -1.13. The highest BCUT2D eigenvalue weighted by molar-refractivity contribution is 7.80. The van der Waals surface area contributed by atoms with Gasteiger partial charge in [-0.15, -0.1) is 0 Å². The van der Waals surface area contributed by atoms with Crippen LogP contribution in [0.5, 0.6) is 5.75 Å². The second-order valence-corrected chi connectivity index (χ2v) is 4.26. The first kappa shape index (κ1) is 11.4. The molecule has 1 fully saturated rings. The summed E-state index contributed by atoms with van der Waals surface area (Å²) in [7, 11) is 0. The molecular formula is C12H15NO2S. The highest BCUT2D eigenvalue weighted by atomic mass is 32.1. The number of hydrogen-bond donors (Lipinski definition) is 1. The molecule has 0 aliphatic carbocycles. The van der Waals surface area contributed by atoms with E-state index in [2.05, 4.69) is 0 Å². The highest BCUT2D eigenvalue weighted by Crippen LogP contribution is 2.18. The molecule has 1 heterocycles. The lowest BCUT2D eigenvalue weighted by Crippen LogP contribution is -2.25. The summed E-state index contributed by atoms with van der Waals surface area (Å²) >= 11 is 4.89. The number of nitrogens with two attached hydrogens (primary N) is 1. The summed E-state index contributed by atoms with van der Waals surface area (Å²) in [5, 5.41) is 0. The molecule has 16 heavy (non-hydrogen) atoms. The summed E-state index contributed by atoms with van der Waals surface area (Å²) in [6.45, 7) is 1.57. The number of benzene rings is 1. The molecule has 0 aromatic heterocycles. The fraction of sp³-hybridized carbons (Fsp3) is 0.417. The molecule has 0 amide bonds. The number of thiocarbonyl (C=S) groups is 1. The van der Waals surface area contributed by atoms with Gasteiger partial charge in [0.15, 0.2) is 0 Å². The Labute approximate surface area is 101 Å². The molecule has 1 aromatic rings. The number of hydrogen-bond acceptors (Lipinski definition) is 3. The van der Waals surface area contributed by atoms with E-state index in [1.165, 1.54) is 0 Å². The zero-order chi connectivity index (χ0) is 11.4. The summed E-state index contributed by atoms with van der Waals surface area (Å²) < 4.78 is 11.1. The van der Waals surface area contributed by atoms with Gasteiger partial charge in [0.25, 0.3) is 0 Å². The van der Waals surface area contributed by atoms with Crippen LogP contribution in [-0.2, 0) is 4.74 Å². The maximum atomic E-state index is 5.83. The minimum absolute atomic E-state index is 0.268. The van der Waals surface area contributed by atoms with Gasteiger partial charge >= 0.3 is 0 Å². The van der Waals surface area contributed by atoms with Gasteiger partial charge in [0.2, 0.25) is 0 Å². The lowest BCUT2D eigenvalue weighted by Gasteiger charge is -2.23. The van der Waals surface area contributed by atoms with E-state index < -0.39 is 0 Å². The van der Waals surface area contributed by atoms with Crippen molar-refractivity contribution in [2.45, 2.75) is 18.9 Å². The van der Waals surface area contributed by atoms with Crippen LogP contribution < -0.4 is 10.5 Å². The predicted molar refractivity (Wildman–Crippen MR) is 66.8 cm³/mol. The average Bonchev–Trinajstić information content (AvgIpc) is 2.31. The summed E-state index contributed by atoms with van der Waals surface area (Å²) in [4.78, 5) is 0.414. The smallest absolute Gasteiger partial charge is 0.119 e. The Kier molecular flexibility index (Phi) is 3.74. The quantitative estimate of drug-likeness (QED) is 0.815. The van der Waals surface area contributed by atoms with Crippen molar-refractivity contribution in [1.29, 1.82) is 0 Å². The molecule has 2 N–H and O–H groups in total. The van der Waals surface area contributed by atoms with Gasteiger partial charge in [0.05, 0.1) is 13.2 Å². The Morgan fingerprint density at radius 1 is 1.25 bits per heavy atom. The monoisotopic (exact) mass is 237 g/mol. The normalized spacial score (nSPS) is 17.0. The fourth-order valence-electron chi connectivity index (χ4n) is 1.68. The number of ether oxygens (including phenoxy) is 2. The van der Waals surface area contributed by atoms with E-state index in [0.717, 1.165) is 37.4 Å². The van der Waals surface area contributed by atoms with E-state index in [9.17, 15) is 0 Å². The van der Waals surface area contributed by atoms with E-state index in [1.807, 2.05) is 24.3 Å². The molecule has 1 aromatic carbocycles. The van der Waals surface area contributed by atoms with Gasteiger partial charge in [-0.1, -0.05) is 12.2 Å². The summed E-state index contributed by atoms with van der Waals surface area (Å²) in [5.74, 6) is 0.868. The third-order valence-corrected chi connectivity index (χ3v) is 2.85. The van der Waals surface area contributed by atoms with Crippen molar-refractivity contribution in [3.63, 3.8) is 0 Å². The molecule has 0 atom stereocenters. The second kappa shape index (κ2) is 5.27. The van der Waals surface area contributed by atoms with E-state index in [-0.39, 0.29) is 6.10 Å². The first-order valence-corrected chi connectivity index (χ1v) is 5.81. The average molecular weight is 237 g/mol. The van der Waals surface area contributed by atoms with Gasteiger partial charge in [-0.25, -0.2) is 0 Å². The SMILES string of the molecule is NC(=S)c1ccc(OC2CCOCC2)cc1. The van der Waals surface area contributed by atoms with Crippen LogP contribution in [0.4, 0.5) is 0 Å². The molecule has 3 nitrogen and oxygen atoms in total. The van der Waals surface area contributed by atoms with Gasteiger partial charge in [-0.3, -0.25) is 0 Å². The Balaban J connectivity index is 1.96. The van der Waals surface area contributed by atoms with Crippen LogP contribution in [0.3, 0.4) is 0 Å². The zero-order valence-electron chi connectivity index (χ0n) is 9.02. The fourth-order valence-corrected chi connectivity index (χ4v) is 1.82. The largest absolute Gasteiger partial charge is 0.490 e. The lowest BCUT2D eigenvalue weighted by molar-refractivity contribution is 0.0256. The molecule has 0 spiro atoms. The molecule has 1 aliphatic rings. The van der Waals surface area contributed by atoms with Crippen LogP contribution in [0.1, 0.15) is 18.4 Å². The molecule has 0 bridgehead atoms. The minimum atomic E-state index is 0.268. The van der Waals surface area contributed by atoms with Crippen LogP contribution in [0, 0.1) is 0 Å². The summed E-state index contributed by atoms with van der Waals surface area (Å²) in [6, 6.07) is 7.59. The van der Waals surface area contributed by atoms with Crippen LogP contribution in [0.15, 0.2) is 24.3 Å². The van der Waals surface area contributed by atoms with Crippen molar-refractivity contribution in [2.24, 2.45) is 5.73 Å². The molecule has 4 heteroatoms. The maximum absolute atomic E-state index is 5.83. The Bertz CT molecular complexity index is 358. The standard InChI is InChI=1S/C12H15NO2S/c13-12(16)9-1-3-10(4-2-9)15-11-5-7-14-8-6-11/h1-4,11H,5-8H2,(H2,13,16). The van der Waals surface area contributed by atoms with Crippen molar-refractivity contribution < 1.29 is 9.47 Å². The molecule has 0 saturated carbocycles. The van der Waals surface area contributed by atoms with Crippen LogP contribution in [-0.4, -0.2) is 24.3 Å². The first-order chi connectivity index (χ1) is 7.75. The topological polar surface area (TPSA) is 44.5 Å². The Morgan fingerprint density at radius 3 is 2.44 bits per heavy atom. The molecule has 86 valence electrons. The Morgan fingerprint density at radius 2 is 1.88 bits per heavy atom. The van der Waals surface area contributed by atoms with Gasteiger partial charge in [-0.05, 0) is 24.3 Å². The molecular weight excluding hydrogens is 222 g/mol. The second-order valence-electron chi connectivity index (χ2n) is 3.82. The van der Waals surface area contributed by atoms with E-state index in [1.54, 1.807) is 0 Å². The third kappa shape index (κ3) is 2.93. The van der Waals surface area contributed by atoms with Crippen molar-refractivity contribution in [1.82, 2.24) is 0 Å². The third-order valence-electron chi connectivity index (χ3n) is 2.61. The van der Waals surface area contributed by atoms with E-state index >= 15 is 0 Å². The molecule has 0 unspecified atom stereocenters. The lowest BCUT2D eigenvalue weighted by atomic mass is 10.1. The van der Waals surface area contributed by atoms with Gasteiger partial charge in [0.1, 0.15) is 16.8 Å². The summed E-state index contributed by atoms with van der Waals surface area (Å²) in [5.41, 5.74) is 6.39. The minimum Gasteiger partial charge on any atom is -0.490 e. The van der Waals surface area contributed by atoms with Crippen molar-refractivity contribution >= 4 is 17.2 Å². The molecule has 1 saturated heterocycles. The number of rotatable bonds is 3. The molecule has 0 radical (unpaired) electrons. The van der Waals surface area contributed by atoms with Crippen LogP contribution >= 0.6 is 12.2 Å². The molecule has 2 rings (SSSR count). The van der Waals surface area contributed by atoms with Crippen molar-refractivity contribution in [3.8, 4) is 5.75 Å².